The second kappa shape index (κ2) is 2.09. The average molecular weight is 130 g/mol. The molecule has 1 aliphatic heterocycles. The molecule has 44 valence electrons. The van der Waals surface area contributed by atoms with Gasteiger partial charge >= 0.3 is 0 Å². The number of amides is 1. The van der Waals surface area contributed by atoms with Crippen LogP contribution in [0.2, 0.25) is 0 Å². The molecule has 1 aliphatic rings. The number of thioether (sulfide) groups is 1. The van der Waals surface area contributed by atoms with Gasteiger partial charge in [-0.05, 0) is 0 Å². The lowest BCUT2D eigenvalue weighted by atomic mass is 10.6. The maximum atomic E-state index is 10.3. The van der Waals surface area contributed by atoms with E-state index in [0.717, 1.165) is 5.88 Å². The molecule has 3 N–H and O–H groups in total. The van der Waals surface area contributed by atoms with Crippen LogP contribution in [-0.2, 0) is 4.79 Å². The summed E-state index contributed by atoms with van der Waals surface area (Å²) in [5, 5.41) is 2.85. The van der Waals surface area contributed by atoms with E-state index in [0.29, 0.717) is 4.91 Å². The normalized spacial score (nSPS) is 17.2. The summed E-state index contributed by atoms with van der Waals surface area (Å²) in [6.07, 6.45) is 1.63. The van der Waals surface area contributed by atoms with Crippen LogP contribution in [0.1, 0.15) is 0 Å². The summed E-state index contributed by atoms with van der Waals surface area (Å²) in [6, 6.07) is 0. The molecule has 0 saturated heterocycles. The van der Waals surface area contributed by atoms with Crippen molar-refractivity contribution in [2.75, 3.05) is 5.88 Å². The highest BCUT2D eigenvalue weighted by molar-refractivity contribution is 8.04. The van der Waals surface area contributed by atoms with Crippen molar-refractivity contribution in [2.24, 2.45) is 5.73 Å². The first-order valence-corrected chi connectivity index (χ1v) is 3.15. The second-order valence-corrected chi connectivity index (χ2v) is 2.38. The zero-order valence-electron chi connectivity index (χ0n) is 4.18. The molecule has 0 aromatic heterocycles. The third kappa shape index (κ3) is 0.949. The molecule has 0 unspecified atom stereocenters. The fraction of sp³-hybridized carbons (Fsp3) is 0.250. The molecule has 4 heteroatoms. The topological polar surface area (TPSA) is 55.1 Å². The SMILES string of the molecule is NC(=O)C1=CNCS1. The van der Waals surface area contributed by atoms with Gasteiger partial charge in [-0.3, -0.25) is 4.79 Å². The van der Waals surface area contributed by atoms with Crippen LogP contribution in [0, 0.1) is 0 Å². The number of rotatable bonds is 1. The summed E-state index contributed by atoms with van der Waals surface area (Å²) >= 11 is 1.43. The number of nitrogens with one attached hydrogen (secondary N) is 1. The predicted molar refractivity (Wildman–Crippen MR) is 32.9 cm³/mol. The first kappa shape index (κ1) is 5.50. The van der Waals surface area contributed by atoms with E-state index in [1.54, 1.807) is 6.20 Å². The molecule has 1 rings (SSSR count). The molecule has 0 atom stereocenters. The van der Waals surface area contributed by atoms with Crippen molar-refractivity contribution < 1.29 is 4.79 Å². The van der Waals surface area contributed by atoms with Gasteiger partial charge < -0.3 is 11.1 Å². The Bertz CT molecular complexity index is 143. The van der Waals surface area contributed by atoms with Crippen molar-refractivity contribution in [3.63, 3.8) is 0 Å². The Labute approximate surface area is 51.3 Å². The van der Waals surface area contributed by atoms with Crippen molar-refractivity contribution in [1.29, 1.82) is 0 Å². The Morgan fingerprint density at radius 2 is 2.75 bits per heavy atom. The minimum absolute atomic E-state index is 0.347. The molecule has 0 radical (unpaired) electrons. The van der Waals surface area contributed by atoms with Crippen LogP contribution in [0.5, 0.6) is 0 Å². The van der Waals surface area contributed by atoms with Crippen LogP contribution in [0.4, 0.5) is 0 Å². The summed E-state index contributed by atoms with van der Waals surface area (Å²) < 4.78 is 0. The van der Waals surface area contributed by atoms with Crippen LogP contribution < -0.4 is 11.1 Å². The molecule has 0 fully saturated rings. The van der Waals surface area contributed by atoms with Gasteiger partial charge in [-0.1, -0.05) is 11.8 Å². The summed E-state index contributed by atoms with van der Waals surface area (Å²) in [6.45, 7) is 0. The van der Waals surface area contributed by atoms with Gasteiger partial charge in [0, 0.05) is 6.20 Å². The van der Waals surface area contributed by atoms with Gasteiger partial charge in [0.05, 0.1) is 10.8 Å². The maximum absolute atomic E-state index is 10.3. The summed E-state index contributed by atoms with van der Waals surface area (Å²) in [5.74, 6) is 0.415. The predicted octanol–water partition coefficient (Wildman–Crippen LogP) is -0.393. The van der Waals surface area contributed by atoms with E-state index in [-0.39, 0.29) is 5.91 Å². The summed E-state index contributed by atoms with van der Waals surface area (Å²) in [4.78, 5) is 10.9. The van der Waals surface area contributed by atoms with E-state index in [2.05, 4.69) is 5.32 Å². The fourth-order valence-corrected chi connectivity index (χ4v) is 1.07. The highest BCUT2D eigenvalue weighted by Crippen LogP contribution is 2.16. The van der Waals surface area contributed by atoms with Gasteiger partial charge in [0.1, 0.15) is 0 Å². The molecule has 1 heterocycles. The lowest BCUT2D eigenvalue weighted by molar-refractivity contribution is -0.113. The van der Waals surface area contributed by atoms with Crippen molar-refractivity contribution in [1.82, 2.24) is 5.32 Å². The largest absolute Gasteiger partial charge is 0.380 e. The zero-order chi connectivity index (χ0) is 5.98. The molecular formula is C4H6N2OS. The van der Waals surface area contributed by atoms with Crippen molar-refractivity contribution >= 4 is 17.7 Å². The van der Waals surface area contributed by atoms with Gasteiger partial charge in [0.2, 0.25) is 0 Å². The molecule has 8 heavy (non-hydrogen) atoms. The smallest absolute Gasteiger partial charge is 0.256 e. The molecule has 0 saturated carbocycles. The number of nitrogens with two attached hydrogens (primary N) is 1. The van der Waals surface area contributed by atoms with Gasteiger partial charge in [-0.25, -0.2) is 0 Å². The maximum Gasteiger partial charge on any atom is 0.256 e. The van der Waals surface area contributed by atoms with E-state index in [1.807, 2.05) is 0 Å². The highest BCUT2D eigenvalue weighted by Gasteiger charge is 2.08. The number of carbonyl (C=O) groups is 1. The lowest BCUT2D eigenvalue weighted by Gasteiger charge is -1.86. The quantitative estimate of drug-likeness (QED) is 0.508. The molecule has 0 spiro atoms. The molecule has 0 bridgehead atoms. The van der Waals surface area contributed by atoms with Crippen LogP contribution >= 0.6 is 11.8 Å². The minimum Gasteiger partial charge on any atom is -0.380 e. The van der Waals surface area contributed by atoms with Crippen molar-refractivity contribution in [3.05, 3.63) is 11.1 Å². The lowest BCUT2D eigenvalue weighted by Crippen LogP contribution is -2.10. The highest BCUT2D eigenvalue weighted by atomic mass is 32.2. The molecular weight excluding hydrogens is 124 g/mol. The second-order valence-electron chi connectivity index (χ2n) is 1.37. The molecule has 1 amide bonds. The Kier molecular flexibility index (Phi) is 1.43. The average Bonchev–Trinajstić information content (AvgIpc) is 2.12. The Morgan fingerprint density at radius 1 is 2.00 bits per heavy atom. The van der Waals surface area contributed by atoms with E-state index in [1.165, 1.54) is 11.8 Å². The molecule has 3 nitrogen and oxygen atoms in total. The fourth-order valence-electron chi connectivity index (χ4n) is 0.438. The third-order valence-electron chi connectivity index (χ3n) is 0.787. The van der Waals surface area contributed by atoms with Gasteiger partial charge in [-0.15, -0.1) is 0 Å². The number of hydrogen-bond donors (Lipinski definition) is 2. The molecule has 0 aliphatic carbocycles. The van der Waals surface area contributed by atoms with Crippen LogP contribution in [0.25, 0.3) is 0 Å². The van der Waals surface area contributed by atoms with Crippen molar-refractivity contribution in [3.8, 4) is 0 Å². The minimum atomic E-state index is -0.347. The molecule has 0 aromatic rings. The standard InChI is InChI=1S/C4H6N2OS/c5-4(7)3-1-6-2-8-3/h1,6H,2H2,(H2,5,7). The Balaban J connectivity index is 2.57. The van der Waals surface area contributed by atoms with Crippen LogP contribution in [0.3, 0.4) is 0 Å². The van der Waals surface area contributed by atoms with Crippen molar-refractivity contribution in [2.45, 2.75) is 0 Å². The van der Waals surface area contributed by atoms with E-state index >= 15 is 0 Å². The first-order chi connectivity index (χ1) is 3.80. The third-order valence-corrected chi connectivity index (χ3v) is 1.73. The summed E-state index contributed by atoms with van der Waals surface area (Å²) in [7, 11) is 0. The summed E-state index contributed by atoms with van der Waals surface area (Å²) in [5.41, 5.74) is 4.93. The van der Waals surface area contributed by atoms with Gasteiger partial charge in [-0.2, -0.15) is 0 Å². The van der Waals surface area contributed by atoms with E-state index < -0.39 is 0 Å². The first-order valence-electron chi connectivity index (χ1n) is 2.17. The zero-order valence-corrected chi connectivity index (χ0v) is 4.99. The number of carbonyl (C=O) groups excluding carboxylic acids is 1. The van der Waals surface area contributed by atoms with Gasteiger partial charge in [0.15, 0.2) is 0 Å². The Morgan fingerprint density at radius 3 is 3.00 bits per heavy atom. The molecule has 0 aromatic carbocycles. The monoisotopic (exact) mass is 130 g/mol. The van der Waals surface area contributed by atoms with Gasteiger partial charge in [0.25, 0.3) is 5.91 Å². The van der Waals surface area contributed by atoms with Crippen LogP contribution in [0.15, 0.2) is 11.1 Å². The van der Waals surface area contributed by atoms with E-state index in [4.69, 9.17) is 5.73 Å². The number of primary amides is 1. The van der Waals surface area contributed by atoms with Crippen LogP contribution in [-0.4, -0.2) is 11.8 Å². The Hall–Kier alpha value is -0.640. The van der Waals surface area contributed by atoms with E-state index in [9.17, 15) is 4.79 Å². The number of hydrogen-bond acceptors (Lipinski definition) is 3.